The van der Waals surface area contributed by atoms with Crippen LogP contribution in [0.5, 0.6) is 0 Å². The first-order valence-corrected chi connectivity index (χ1v) is 7.53. The highest BCUT2D eigenvalue weighted by molar-refractivity contribution is 9.10. The molecule has 8 heteroatoms. The molecule has 0 aliphatic carbocycles. The minimum atomic E-state index is -4.28. The van der Waals surface area contributed by atoms with E-state index in [1.165, 1.54) is 0 Å². The first kappa shape index (κ1) is 14.8. The van der Waals surface area contributed by atoms with Crippen molar-refractivity contribution in [3.05, 3.63) is 22.7 Å². The van der Waals surface area contributed by atoms with E-state index in [4.69, 9.17) is 5.73 Å². The minimum Gasteiger partial charge on any atom is -0.398 e. The summed E-state index contributed by atoms with van der Waals surface area (Å²) in [5.74, 6) is -0.326. The summed E-state index contributed by atoms with van der Waals surface area (Å²) >= 11 is 3.01. The fourth-order valence-corrected chi connectivity index (χ4v) is 3.54. The Kier molecular flexibility index (Phi) is 5.33. The van der Waals surface area contributed by atoms with E-state index in [0.29, 0.717) is 15.1 Å². The largest absolute Gasteiger partial charge is 0.441 e. The van der Waals surface area contributed by atoms with Crippen LogP contribution in [-0.4, -0.2) is 21.2 Å². The van der Waals surface area contributed by atoms with Crippen molar-refractivity contribution in [1.82, 2.24) is 0 Å². The Hall–Kier alpha value is -0.210. The van der Waals surface area contributed by atoms with Gasteiger partial charge in [-0.05, 0) is 18.2 Å². The summed E-state index contributed by atoms with van der Waals surface area (Å²) in [5.41, 5.74) is 1.64. The molecular weight excluding hydrogens is 339 g/mol. The SMILES string of the molecule is Nc1ccc(Br)cc1S(=O)CCSC(F)(F)F. The van der Waals surface area contributed by atoms with Crippen molar-refractivity contribution < 1.29 is 17.4 Å². The summed E-state index contributed by atoms with van der Waals surface area (Å²) in [6.45, 7) is 0. The number of hydrogen-bond acceptors (Lipinski definition) is 3. The van der Waals surface area contributed by atoms with E-state index in [-0.39, 0.29) is 23.3 Å². The Labute approximate surface area is 112 Å². The molecule has 0 radical (unpaired) electrons. The predicted octanol–water partition coefficient (Wildman–Crippen LogP) is 3.39. The first-order chi connectivity index (χ1) is 7.79. The number of hydrogen-bond donors (Lipinski definition) is 1. The lowest BCUT2D eigenvalue weighted by atomic mass is 10.3. The third-order valence-electron chi connectivity index (χ3n) is 1.76. The highest BCUT2D eigenvalue weighted by atomic mass is 79.9. The lowest BCUT2D eigenvalue weighted by Crippen LogP contribution is -2.08. The van der Waals surface area contributed by atoms with Gasteiger partial charge in [-0.2, -0.15) is 13.2 Å². The van der Waals surface area contributed by atoms with Crippen molar-refractivity contribution in [2.24, 2.45) is 0 Å². The number of nitrogen functional groups attached to an aromatic ring is 1. The van der Waals surface area contributed by atoms with Gasteiger partial charge in [-0.15, -0.1) is 0 Å². The van der Waals surface area contributed by atoms with Crippen molar-refractivity contribution in [1.29, 1.82) is 0 Å². The zero-order valence-electron chi connectivity index (χ0n) is 8.46. The molecule has 0 saturated heterocycles. The van der Waals surface area contributed by atoms with Crippen molar-refractivity contribution in [2.75, 3.05) is 17.2 Å². The number of rotatable bonds is 4. The van der Waals surface area contributed by atoms with Gasteiger partial charge in [0.25, 0.3) is 0 Å². The smallest absolute Gasteiger partial charge is 0.398 e. The molecule has 0 aliphatic heterocycles. The first-order valence-electron chi connectivity index (χ1n) is 4.43. The van der Waals surface area contributed by atoms with Gasteiger partial charge < -0.3 is 5.73 Å². The van der Waals surface area contributed by atoms with Gasteiger partial charge in [-0.1, -0.05) is 27.7 Å². The van der Waals surface area contributed by atoms with Crippen LogP contribution in [0.2, 0.25) is 0 Å². The van der Waals surface area contributed by atoms with Crippen molar-refractivity contribution in [2.45, 2.75) is 10.4 Å². The number of thioether (sulfide) groups is 1. The Morgan fingerprint density at radius 2 is 2.06 bits per heavy atom. The average Bonchev–Trinajstić information content (AvgIpc) is 2.19. The fourth-order valence-electron chi connectivity index (χ4n) is 1.05. The number of halogens is 4. The lowest BCUT2D eigenvalue weighted by Gasteiger charge is -2.07. The molecule has 17 heavy (non-hydrogen) atoms. The van der Waals surface area contributed by atoms with Crippen molar-refractivity contribution >= 4 is 44.2 Å². The van der Waals surface area contributed by atoms with Crippen LogP contribution in [0.1, 0.15) is 0 Å². The molecule has 0 aliphatic rings. The molecule has 1 aromatic rings. The number of benzene rings is 1. The Bertz CT molecular complexity index is 425. The van der Waals surface area contributed by atoms with Crippen LogP contribution < -0.4 is 5.73 Å². The second-order valence-corrected chi connectivity index (χ2v) is 6.64. The number of nitrogens with two attached hydrogens (primary N) is 1. The van der Waals surface area contributed by atoms with Crippen LogP contribution in [0.3, 0.4) is 0 Å². The summed E-state index contributed by atoms with van der Waals surface area (Å²) in [4.78, 5) is 0.363. The summed E-state index contributed by atoms with van der Waals surface area (Å²) < 4.78 is 48.1. The summed E-state index contributed by atoms with van der Waals surface area (Å²) in [5, 5.41) is 0. The molecule has 2 N–H and O–H groups in total. The third-order valence-corrected chi connectivity index (χ3v) is 4.66. The Morgan fingerprint density at radius 3 is 2.65 bits per heavy atom. The van der Waals surface area contributed by atoms with Crippen LogP contribution in [0.15, 0.2) is 27.6 Å². The van der Waals surface area contributed by atoms with Gasteiger partial charge in [0.05, 0.1) is 15.7 Å². The molecule has 0 spiro atoms. The van der Waals surface area contributed by atoms with Gasteiger partial charge >= 0.3 is 5.51 Å². The van der Waals surface area contributed by atoms with Gasteiger partial charge in [0.2, 0.25) is 0 Å². The third kappa shape index (κ3) is 5.31. The lowest BCUT2D eigenvalue weighted by molar-refractivity contribution is -0.0326. The minimum absolute atomic E-state index is 0.0785. The second-order valence-electron chi connectivity index (χ2n) is 3.03. The summed E-state index contributed by atoms with van der Waals surface area (Å²) in [6.07, 6.45) is 0. The van der Waals surface area contributed by atoms with E-state index in [9.17, 15) is 17.4 Å². The van der Waals surface area contributed by atoms with E-state index in [1.54, 1.807) is 18.2 Å². The molecule has 0 bridgehead atoms. The standard InChI is InChI=1S/C9H9BrF3NOS2/c10-6-1-2-7(14)8(5-6)17(15)4-3-16-9(11,12)13/h1-2,5H,3-4,14H2. The zero-order chi connectivity index (χ0) is 13.1. The van der Waals surface area contributed by atoms with Crippen LogP contribution in [0, 0.1) is 0 Å². The van der Waals surface area contributed by atoms with E-state index >= 15 is 0 Å². The Balaban J connectivity index is 2.61. The van der Waals surface area contributed by atoms with Crippen LogP contribution in [0.4, 0.5) is 18.9 Å². The zero-order valence-corrected chi connectivity index (χ0v) is 11.7. The van der Waals surface area contributed by atoms with Crippen LogP contribution in [0.25, 0.3) is 0 Å². The molecule has 0 amide bonds. The van der Waals surface area contributed by atoms with E-state index in [1.807, 2.05) is 0 Å². The topological polar surface area (TPSA) is 43.1 Å². The molecule has 1 rings (SSSR count). The summed E-state index contributed by atoms with van der Waals surface area (Å²) in [6, 6.07) is 4.80. The molecular formula is C9H9BrF3NOS2. The van der Waals surface area contributed by atoms with Crippen molar-refractivity contribution in [3.63, 3.8) is 0 Å². The summed E-state index contributed by atoms with van der Waals surface area (Å²) in [7, 11) is -1.52. The normalized spacial score (nSPS) is 13.6. The average molecular weight is 348 g/mol. The fraction of sp³-hybridized carbons (Fsp3) is 0.333. The van der Waals surface area contributed by atoms with Gasteiger partial charge in [0.15, 0.2) is 0 Å². The molecule has 1 aromatic carbocycles. The second kappa shape index (κ2) is 6.10. The van der Waals surface area contributed by atoms with Gasteiger partial charge in [0.1, 0.15) is 0 Å². The van der Waals surface area contributed by atoms with E-state index < -0.39 is 16.3 Å². The molecule has 0 aromatic heterocycles. The van der Waals surface area contributed by atoms with Crippen LogP contribution in [-0.2, 0) is 10.8 Å². The molecule has 0 heterocycles. The maximum Gasteiger partial charge on any atom is 0.441 e. The molecule has 2 nitrogen and oxygen atoms in total. The van der Waals surface area contributed by atoms with Gasteiger partial charge in [0, 0.05) is 21.7 Å². The molecule has 1 unspecified atom stereocenters. The maximum atomic E-state index is 11.9. The Morgan fingerprint density at radius 1 is 1.41 bits per heavy atom. The van der Waals surface area contributed by atoms with Crippen molar-refractivity contribution in [3.8, 4) is 0 Å². The predicted molar refractivity (Wildman–Crippen MR) is 68.3 cm³/mol. The highest BCUT2D eigenvalue weighted by Gasteiger charge is 2.28. The van der Waals surface area contributed by atoms with Gasteiger partial charge in [-0.25, -0.2) is 0 Å². The van der Waals surface area contributed by atoms with E-state index in [0.717, 1.165) is 0 Å². The molecule has 1 atom stereocenters. The van der Waals surface area contributed by atoms with E-state index in [2.05, 4.69) is 15.9 Å². The number of anilines is 1. The number of alkyl halides is 3. The maximum absolute atomic E-state index is 11.9. The monoisotopic (exact) mass is 347 g/mol. The quantitative estimate of drug-likeness (QED) is 0.849. The molecule has 0 saturated carbocycles. The highest BCUT2D eigenvalue weighted by Crippen LogP contribution is 2.30. The van der Waals surface area contributed by atoms with Gasteiger partial charge in [-0.3, -0.25) is 4.21 Å². The van der Waals surface area contributed by atoms with Crippen LogP contribution >= 0.6 is 27.7 Å². The molecule has 0 fully saturated rings. The molecule has 96 valence electrons.